The molecular formula is C15H22F2N2O. The van der Waals surface area contributed by atoms with Crippen molar-refractivity contribution in [2.24, 2.45) is 5.92 Å². The first-order chi connectivity index (χ1) is 9.33. The van der Waals surface area contributed by atoms with E-state index in [1.54, 1.807) is 25.1 Å². The number of carbonyl (C=O) groups excluding carboxylic acids is 1. The average molecular weight is 284 g/mol. The summed E-state index contributed by atoms with van der Waals surface area (Å²) in [6, 6.07) is 6.94. The SMILES string of the molecule is CC(C)CNC(=O)C(C)NCC(F)(F)c1ccccc1. The molecule has 2 N–H and O–H groups in total. The minimum absolute atomic E-state index is 0.0534. The van der Waals surface area contributed by atoms with Crippen LogP contribution in [0.15, 0.2) is 30.3 Å². The lowest BCUT2D eigenvalue weighted by molar-refractivity contribution is -0.123. The number of hydrogen-bond acceptors (Lipinski definition) is 2. The van der Waals surface area contributed by atoms with E-state index in [1.165, 1.54) is 12.1 Å². The molecule has 0 saturated heterocycles. The van der Waals surface area contributed by atoms with Gasteiger partial charge in [0.1, 0.15) is 0 Å². The molecule has 1 unspecified atom stereocenters. The Kier molecular flexibility index (Phi) is 6.07. The van der Waals surface area contributed by atoms with E-state index in [1.807, 2.05) is 13.8 Å². The summed E-state index contributed by atoms with van der Waals surface area (Å²) in [5.74, 6) is -2.92. The molecule has 0 aliphatic rings. The van der Waals surface area contributed by atoms with E-state index in [9.17, 15) is 13.6 Å². The van der Waals surface area contributed by atoms with Crippen LogP contribution in [0, 0.1) is 5.92 Å². The third kappa shape index (κ3) is 5.25. The van der Waals surface area contributed by atoms with Crippen molar-refractivity contribution >= 4 is 5.91 Å². The summed E-state index contributed by atoms with van der Waals surface area (Å²) < 4.78 is 27.8. The van der Waals surface area contributed by atoms with Gasteiger partial charge in [0.2, 0.25) is 5.91 Å². The van der Waals surface area contributed by atoms with Gasteiger partial charge in [-0.05, 0) is 12.8 Å². The number of hydrogen-bond donors (Lipinski definition) is 2. The van der Waals surface area contributed by atoms with Gasteiger partial charge in [0.25, 0.3) is 5.92 Å². The average Bonchev–Trinajstić information content (AvgIpc) is 2.43. The molecule has 0 aromatic heterocycles. The largest absolute Gasteiger partial charge is 0.354 e. The lowest BCUT2D eigenvalue weighted by Crippen LogP contribution is -2.46. The highest BCUT2D eigenvalue weighted by Crippen LogP contribution is 2.26. The van der Waals surface area contributed by atoms with Crippen LogP contribution < -0.4 is 10.6 Å². The second-order valence-corrected chi connectivity index (χ2v) is 5.31. The summed E-state index contributed by atoms with van der Waals surface area (Å²) >= 11 is 0. The molecule has 1 atom stereocenters. The maximum Gasteiger partial charge on any atom is 0.285 e. The van der Waals surface area contributed by atoms with Crippen LogP contribution in [0.2, 0.25) is 0 Å². The van der Waals surface area contributed by atoms with Gasteiger partial charge in [-0.15, -0.1) is 0 Å². The smallest absolute Gasteiger partial charge is 0.285 e. The fourth-order valence-electron chi connectivity index (χ4n) is 1.62. The van der Waals surface area contributed by atoms with Gasteiger partial charge in [-0.3, -0.25) is 4.79 Å². The highest BCUT2D eigenvalue weighted by Gasteiger charge is 2.32. The molecule has 0 bridgehead atoms. The van der Waals surface area contributed by atoms with Gasteiger partial charge in [-0.25, -0.2) is 0 Å². The predicted molar refractivity (Wildman–Crippen MR) is 75.6 cm³/mol. The lowest BCUT2D eigenvalue weighted by atomic mass is 10.1. The second-order valence-electron chi connectivity index (χ2n) is 5.31. The molecule has 3 nitrogen and oxygen atoms in total. The monoisotopic (exact) mass is 284 g/mol. The van der Waals surface area contributed by atoms with Crippen molar-refractivity contribution in [2.45, 2.75) is 32.7 Å². The Labute approximate surface area is 118 Å². The van der Waals surface area contributed by atoms with Crippen molar-refractivity contribution < 1.29 is 13.6 Å². The van der Waals surface area contributed by atoms with Gasteiger partial charge in [-0.1, -0.05) is 44.2 Å². The first-order valence-corrected chi connectivity index (χ1v) is 6.77. The molecule has 20 heavy (non-hydrogen) atoms. The highest BCUT2D eigenvalue weighted by atomic mass is 19.3. The number of rotatable bonds is 7. The molecular weight excluding hydrogens is 262 g/mol. The van der Waals surface area contributed by atoms with Gasteiger partial charge in [-0.2, -0.15) is 8.78 Å². The Balaban J connectivity index is 2.47. The van der Waals surface area contributed by atoms with Crippen molar-refractivity contribution in [3.05, 3.63) is 35.9 Å². The zero-order valence-electron chi connectivity index (χ0n) is 12.1. The van der Waals surface area contributed by atoms with Crippen molar-refractivity contribution in [1.29, 1.82) is 0 Å². The normalized spacial score (nSPS) is 13.3. The Hall–Kier alpha value is -1.49. The number of halogens is 2. The zero-order chi connectivity index (χ0) is 15.2. The van der Waals surface area contributed by atoms with Gasteiger partial charge < -0.3 is 10.6 Å². The van der Waals surface area contributed by atoms with E-state index in [-0.39, 0.29) is 11.5 Å². The van der Waals surface area contributed by atoms with Gasteiger partial charge in [0, 0.05) is 12.1 Å². The first-order valence-electron chi connectivity index (χ1n) is 6.77. The molecule has 112 valence electrons. The van der Waals surface area contributed by atoms with Crippen LogP contribution in [0.4, 0.5) is 8.78 Å². The third-order valence-electron chi connectivity index (χ3n) is 2.90. The lowest BCUT2D eigenvalue weighted by Gasteiger charge is -2.21. The maximum atomic E-state index is 13.9. The molecule has 0 aliphatic carbocycles. The molecule has 0 fully saturated rings. The Morgan fingerprint density at radius 1 is 1.20 bits per heavy atom. The minimum Gasteiger partial charge on any atom is -0.354 e. The molecule has 0 radical (unpaired) electrons. The number of amides is 1. The quantitative estimate of drug-likeness (QED) is 0.808. The van der Waals surface area contributed by atoms with E-state index in [0.717, 1.165) is 0 Å². The molecule has 1 rings (SSSR count). The number of benzene rings is 1. The molecule has 0 saturated carbocycles. The first kappa shape index (κ1) is 16.6. The van der Waals surface area contributed by atoms with Gasteiger partial charge in [0.05, 0.1) is 12.6 Å². The van der Waals surface area contributed by atoms with E-state index in [2.05, 4.69) is 10.6 Å². The van der Waals surface area contributed by atoms with Crippen LogP contribution >= 0.6 is 0 Å². The van der Waals surface area contributed by atoms with E-state index >= 15 is 0 Å². The van der Waals surface area contributed by atoms with Gasteiger partial charge in [0.15, 0.2) is 0 Å². The summed E-state index contributed by atoms with van der Waals surface area (Å²) in [6.45, 7) is 5.51. The summed E-state index contributed by atoms with van der Waals surface area (Å²) in [6.07, 6.45) is 0. The summed E-state index contributed by atoms with van der Waals surface area (Å²) in [4.78, 5) is 11.7. The number of alkyl halides is 2. The molecule has 0 spiro atoms. The summed E-state index contributed by atoms with van der Waals surface area (Å²) in [7, 11) is 0. The van der Waals surface area contributed by atoms with Crippen LogP contribution in [-0.4, -0.2) is 25.0 Å². The Morgan fingerprint density at radius 2 is 1.80 bits per heavy atom. The zero-order valence-corrected chi connectivity index (χ0v) is 12.1. The van der Waals surface area contributed by atoms with Crippen molar-refractivity contribution in [2.75, 3.05) is 13.1 Å². The molecule has 1 aromatic carbocycles. The summed E-state index contributed by atoms with van der Waals surface area (Å²) in [5.41, 5.74) is -0.0534. The van der Waals surface area contributed by atoms with Crippen LogP contribution in [-0.2, 0) is 10.7 Å². The van der Waals surface area contributed by atoms with Crippen LogP contribution in [0.5, 0.6) is 0 Å². The third-order valence-corrected chi connectivity index (χ3v) is 2.90. The van der Waals surface area contributed by atoms with Crippen LogP contribution in [0.1, 0.15) is 26.3 Å². The van der Waals surface area contributed by atoms with Crippen LogP contribution in [0.25, 0.3) is 0 Å². The fourth-order valence-corrected chi connectivity index (χ4v) is 1.62. The molecule has 0 heterocycles. The van der Waals surface area contributed by atoms with Crippen LogP contribution in [0.3, 0.4) is 0 Å². The Bertz CT molecular complexity index is 421. The molecule has 5 heteroatoms. The van der Waals surface area contributed by atoms with Crippen molar-refractivity contribution in [3.63, 3.8) is 0 Å². The van der Waals surface area contributed by atoms with Crippen molar-refractivity contribution in [3.8, 4) is 0 Å². The van der Waals surface area contributed by atoms with Crippen molar-refractivity contribution in [1.82, 2.24) is 10.6 Å². The maximum absolute atomic E-state index is 13.9. The highest BCUT2D eigenvalue weighted by molar-refractivity contribution is 5.81. The topological polar surface area (TPSA) is 41.1 Å². The van der Waals surface area contributed by atoms with Gasteiger partial charge >= 0.3 is 0 Å². The predicted octanol–water partition coefficient (Wildman–Crippen LogP) is 2.53. The minimum atomic E-state index is -2.99. The number of carbonyl (C=O) groups is 1. The fraction of sp³-hybridized carbons (Fsp3) is 0.533. The van der Waals surface area contributed by atoms with E-state index in [0.29, 0.717) is 12.5 Å². The summed E-state index contributed by atoms with van der Waals surface area (Å²) in [5, 5.41) is 5.29. The molecule has 1 amide bonds. The Morgan fingerprint density at radius 3 is 2.35 bits per heavy atom. The van der Waals surface area contributed by atoms with E-state index < -0.39 is 18.5 Å². The molecule has 1 aromatic rings. The van der Waals surface area contributed by atoms with E-state index in [4.69, 9.17) is 0 Å². The molecule has 0 aliphatic heterocycles. The standard InChI is InChI=1S/C15H22F2N2O/c1-11(2)9-18-14(20)12(3)19-10-15(16,17)13-7-5-4-6-8-13/h4-8,11-12,19H,9-10H2,1-3H3,(H,18,20). The number of nitrogens with one attached hydrogen (secondary N) is 2. The second kappa shape index (κ2) is 7.33.